The molecule has 0 spiro atoms. The Bertz CT molecular complexity index is 221. The summed E-state index contributed by atoms with van der Waals surface area (Å²) in [6, 6.07) is 4.02. The molecule has 0 saturated carbocycles. The molecular formula is C9H10NSY-. The van der Waals surface area contributed by atoms with E-state index in [9.17, 15) is 0 Å². The molecule has 1 saturated heterocycles. The Morgan fingerprint density at radius 3 is 3.08 bits per heavy atom. The van der Waals surface area contributed by atoms with Gasteiger partial charge < -0.3 is 4.98 Å². The van der Waals surface area contributed by atoms with Crippen LogP contribution in [0.3, 0.4) is 0 Å². The molecule has 0 aromatic carbocycles. The number of rotatable bonds is 1. The normalized spacial score (nSPS) is 21.8. The Morgan fingerprint density at radius 1 is 1.58 bits per heavy atom. The van der Waals surface area contributed by atoms with Gasteiger partial charge in [-0.15, -0.1) is 5.56 Å². The zero-order valence-corrected chi connectivity index (χ0v) is 10.5. The first-order valence-electron chi connectivity index (χ1n) is 3.90. The minimum atomic E-state index is 0. The van der Waals surface area contributed by atoms with Crippen LogP contribution in [0.25, 0.3) is 0 Å². The molecule has 1 aliphatic heterocycles. The minimum absolute atomic E-state index is 0. The Hall–Kier alpha value is 0.604. The van der Waals surface area contributed by atoms with Gasteiger partial charge in [-0.1, -0.05) is 12.4 Å². The smallest absolute Gasteiger partial charge is 0.00898 e. The first kappa shape index (κ1) is 10.7. The number of hydrogen-bond acceptors (Lipinski definition) is 2. The molecule has 1 nitrogen and oxygen atoms in total. The van der Waals surface area contributed by atoms with Crippen LogP contribution in [0.1, 0.15) is 23.7 Å². The Balaban J connectivity index is 0.000000720. The van der Waals surface area contributed by atoms with Crippen LogP contribution < -0.4 is 0 Å². The molecule has 61 valence electrons. The van der Waals surface area contributed by atoms with Crippen molar-refractivity contribution in [2.45, 2.75) is 18.1 Å². The monoisotopic (exact) mass is 253 g/mol. The molecule has 2 rings (SSSR count). The molecule has 2 heterocycles. The summed E-state index contributed by atoms with van der Waals surface area (Å²) in [5.41, 5.74) is 1.37. The summed E-state index contributed by atoms with van der Waals surface area (Å²) in [4.78, 5) is 3.99. The minimum Gasteiger partial charge on any atom is -0.394 e. The summed E-state index contributed by atoms with van der Waals surface area (Å²) >= 11 is 2.04. The number of aromatic nitrogens is 1. The van der Waals surface area contributed by atoms with Crippen molar-refractivity contribution in [3.05, 3.63) is 30.1 Å². The van der Waals surface area contributed by atoms with Crippen LogP contribution in [0.4, 0.5) is 0 Å². The van der Waals surface area contributed by atoms with E-state index >= 15 is 0 Å². The summed E-state index contributed by atoms with van der Waals surface area (Å²) in [5.74, 6) is 1.31. The molecule has 1 fully saturated rings. The van der Waals surface area contributed by atoms with E-state index in [-0.39, 0.29) is 32.7 Å². The first-order chi connectivity index (χ1) is 5.47. The summed E-state index contributed by atoms with van der Waals surface area (Å²) in [6.45, 7) is 0. The van der Waals surface area contributed by atoms with Crippen molar-refractivity contribution in [3.8, 4) is 0 Å². The molecule has 12 heavy (non-hydrogen) atoms. The molecular weight excluding hydrogens is 243 g/mol. The van der Waals surface area contributed by atoms with E-state index < -0.39 is 0 Å². The van der Waals surface area contributed by atoms with Crippen molar-refractivity contribution in [1.82, 2.24) is 4.98 Å². The Morgan fingerprint density at radius 2 is 2.50 bits per heavy atom. The summed E-state index contributed by atoms with van der Waals surface area (Å²) in [6.07, 6.45) is 7.40. The predicted molar refractivity (Wildman–Crippen MR) is 47.5 cm³/mol. The van der Waals surface area contributed by atoms with Gasteiger partial charge in [0.1, 0.15) is 0 Å². The van der Waals surface area contributed by atoms with Crippen molar-refractivity contribution < 1.29 is 32.7 Å². The van der Waals surface area contributed by atoms with E-state index in [1.54, 1.807) is 0 Å². The van der Waals surface area contributed by atoms with E-state index in [2.05, 4.69) is 17.2 Å². The fourth-order valence-corrected chi connectivity index (χ4v) is 2.65. The van der Waals surface area contributed by atoms with Crippen molar-refractivity contribution >= 4 is 11.8 Å². The summed E-state index contributed by atoms with van der Waals surface area (Å²) in [7, 11) is 0. The van der Waals surface area contributed by atoms with Crippen LogP contribution in [0, 0.1) is 6.20 Å². The van der Waals surface area contributed by atoms with E-state index in [1.165, 1.54) is 24.2 Å². The molecule has 0 aliphatic carbocycles. The van der Waals surface area contributed by atoms with E-state index in [1.807, 2.05) is 24.0 Å². The van der Waals surface area contributed by atoms with Crippen molar-refractivity contribution in [3.63, 3.8) is 0 Å². The molecule has 0 N–H and O–H groups in total. The van der Waals surface area contributed by atoms with Crippen LogP contribution in [-0.2, 0) is 32.7 Å². The molecule has 1 aromatic rings. The zero-order chi connectivity index (χ0) is 7.52. The van der Waals surface area contributed by atoms with Gasteiger partial charge >= 0.3 is 0 Å². The fraction of sp³-hybridized carbons (Fsp3) is 0.444. The Labute approximate surface area is 103 Å². The average molecular weight is 253 g/mol. The van der Waals surface area contributed by atoms with Crippen LogP contribution in [0.5, 0.6) is 0 Å². The second kappa shape index (κ2) is 5.36. The molecule has 1 aromatic heterocycles. The molecule has 0 bridgehead atoms. The topological polar surface area (TPSA) is 12.9 Å². The van der Waals surface area contributed by atoms with Gasteiger partial charge in [0.25, 0.3) is 0 Å². The van der Waals surface area contributed by atoms with E-state index in [4.69, 9.17) is 0 Å². The van der Waals surface area contributed by atoms with Gasteiger partial charge in [0.2, 0.25) is 0 Å². The standard InChI is InChI=1S/C9H10NS.Y/c1-3-8(7-10-5-1)9-4-2-6-11-9;/h1,3,7,9H,2,4,6H2;/q-1;. The molecule has 1 radical (unpaired) electrons. The molecule has 1 unspecified atom stereocenters. The first-order valence-corrected chi connectivity index (χ1v) is 4.95. The number of thioether (sulfide) groups is 1. The van der Waals surface area contributed by atoms with E-state index in [0.717, 1.165) is 0 Å². The van der Waals surface area contributed by atoms with Gasteiger partial charge in [-0.3, -0.25) is 0 Å². The average Bonchev–Trinajstić information content (AvgIpc) is 2.58. The molecule has 1 atom stereocenters. The molecule has 3 heteroatoms. The quantitative estimate of drug-likeness (QED) is 0.713. The van der Waals surface area contributed by atoms with Crippen molar-refractivity contribution in [2.75, 3.05) is 5.75 Å². The maximum absolute atomic E-state index is 3.99. The largest absolute Gasteiger partial charge is 0.394 e. The zero-order valence-electron chi connectivity index (χ0n) is 6.86. The van der Waals surface area contributed by atoms with Gasteiger partial charge in [-0.25, -0.2) is 0 Å². The number of pyridine rings is 1. The van der Waals surface area contributed by atoms with Crippen LogP contribution in [0.15, 0.2) is 18.3 Å². The maximum Gasteiger partial charge on any atom is 0.00898 e. The van der Waals surface area contributed by atoms with Gasteiger partial charge in [-0.05, 0) is 18.6 Å². The second-order valence-electron chi connectivity index (χ2n) is 2.72. The van der Waals surface area contributed by atoms with Gasteiger partial charge in [0, 0.05) is 38.0 Å². The summed E-state index contributed by atoms with van der Waals surface area (Å²) in [5, 5.41) is 0.706. The molecule has 1 aliphatic rings. The number of hydrogen-bond donors (Lipinski definition) is 0. The van der Waals surface area contributed by atoms with Gasteiger partial charge in [0.05, 0.1) is 0 Å². The second-order valence-corrected chi connectivity index (χ2v) is 4.03. The molecule has 0 amide bonds. The fourth-order valence-electron chi connectivity index (χ4n) is 1.36. The third kappa shape index (κ3) is 2.54. The number of nitrogens with zero attached hydrogens (tertiary/aromatic N) is 1. The van der Waals surface area contributed by atoms with Crippen LogP contribution >= 0.6 is 11.8 Å². The SMILES string of the molecule is [Y].[c-]1ccc(C2CCCS2)cn1. The van der Waals surface area contributed by atoms with Crippen LogP contribution in [0.2, 0.25) is 0 Å². The van der Waals surface area contributed by atoms with Crippen LogP contribution in [-0.4, -0.2) is 10.7 Å². The van der Waals surface area contributed by atoms with Crippen molar-refractivity contribution in [2.24, 2.45) is 0 Å². The van der Waals surface area contributed by atoms with Crippen molar-refractivity contribution in [1.29, 1.82) is 0 Å². The Kier molecular flexibility index (Phi) is 4.77. The van der Waals surface area contributed by atoms with E-state index in [0.29, 0.717) is 5.25 Å². The van der Waals surface area contributed by atoms with Gasteiger partial charge in [0.15, 0.2) is 0 Å². The third-order valence-electron chi connectivity index (χ3n) is 1.94. The predicted octanol–water partition coefficient (Wildman–Crippen LogP) is 2.45. The summed E-state index contributed by atoms with van der Waals surface area (Å²) < 4.78 is 0. The maximum atomic E-state index is 3.99. The van der Waals surface area contributed by atoms with Gasteiger partial charge in [-0.2, -0.15) is 23.9 Å². The third-order valence-corrected chi connectivity index (χ3v) is 3.37.